The summed E-state index contributed by atoms with van der Waals surface area (Å²) in [6.07, 6.45) is 0. The molecule has 5 rings (SSSR count). The standard InChI is InChI=1S/C24H15F2NO6/c25-16-7-4-14(10-17(16)26)27-21(12-1-5-15(28)6-2-12)20(23(30)24(27)31)22(29)13-3-8-18-19(9-13)33-11-32-18/h1-10,21,28-29H,11H2/b22-20-. The van der Waals surface area contributed by atoms with E-state index in [1.807, 2.05) is 0 Å². The summed E-state index contributed by atoms with van der Waals surface area (Å²) < 4.78 is 38.1. The van der Waals surface area contributed by atoms with Crippen LogP contribution in [-0.4, -0.2) is 28.7 Å². The maximum Gasteiger partial charge on any atom is 0.300 e. The first-order chi connectivity index (χ1) is 15.8. The van der Waals surface area contributed by atoms with Gasteiger partial charge in [0.25, 0.3) is 11.7 Å². The van der Waals surface area contributed by atoms with Gasteiger partial charge in [-0.2, -0.15) is 0 Å². The Morgan fingerprint density at radius 1 is 0.909 bits per heavy atom. The van der Waals surface area contributed by atoms with Crippen LogP contribution in [0.5, 0.6) is 17.2 Å². The lowest BCUT2D eigenvalue weighted by atomic mass is 9.95. The summed E-state index contributed by atoms with van der Waals surface area (Å²) >= 11 is 0. The van der Waals surface area contributed by atoms with Crippen LogP contribution in [-0.2, 0) is 9.59 Å². The Labute approximate surface area is 185 Å². The quantitative estimate of drug-likeness (QED) is 0.355. The number of aliphatic hydroxyl groups excluding tert-OH is 1. The Morgan fingerprint density at radius 3 is 2.36 bits per heavy atom. The van der Waals surface area contributed by atoms with Gasteiger partial charge in [0.15, 0.2) is 23.1 Å². The molecule has 9 heteroatoms. The van der Waals surface area contributed by atoms with E-state index in [1.54, 1.807) is 6.07 Å². The lowest BCUT2D eigenvalue weighted by molar-refractivity contribution is -0.132. The molecule has 0 aliphatic carbocycles. The Morgan fingerprint density at radius 2 is 1.64 bits per heavy atom. The molecule has 166 valence electrons. The van der Waals surface area contributed by atoms with Crippen molar-refractivity contribution in [2.45, 2.75) is 6.04 Å². The van der Waals surface area contributed by atoms with E-state index in [9.17, 15) is 28.6 Å². The SMILES string of the molecule is O=C1C(=O)N(c2ccc(F)c(F)c2)C(c2ccc(O)cc2)/C1=C(/O)c1ccc2c(c1)OCO2. The molecule has 2 aliphatic heterocycles. The Balaban J connectivity index is 1.71. The minimum atomic E-state index is -1.20. The largest absolute Gasteiger partial charge is 0.508 e. The van der Waals surface area contributed by atoms with E-state index in [1.165, 1.54) is 36.4 Å². The minimum Gasteiger partial charge on any atom is -0.508 e. The number of rotatable bonds is 3. The van der Waals surface area contributed by atoms with Crippen LogP contribution in [0.25, 0.3) is 5.76 Å². The van der Waals surface area contributed by atoms with Crippen LogP contribution >= 0.6 is 0 Å². The first-order valence-corrected chi connectivity index (χ1v) is 9.80. The summed E-state index contributed by atoms with van der Waals surface area (Å²) in [5, 5.41) is 20.8. The molecule has 2 N–H and O–H groups in total. The van der Waals surface area contributed by atoms with Crippen LogP contribution in [0.2, 0.25) is 0 Å². The molecular formula is C24H15F2NO6. The van der Waals surface area contributed by atoms with Crippen LogP contribution in [0, 0.1) is 11.6 Å². The molecule has 3 aromatic carbocycles. The predicted octanol–water partition coefficient (Wildman–Crippen LogP) is 4.03. The third-order valence-corrected chi connectivity index (χ3v) is 5.48. The molecule has 1 amide bonds. The summed E-state index contributed by atoms with van der Waals surface area (Å²) in [6, 6.07) is 11.8. The molecule has 33 heavy (non-hydrogen) atoms. The number of phenols is 1. The second-order valence-corrected chi connectivity index (χ2v) is 7.43. The number of benzene rings is 3. The number of phenolic OH excluding ortho intramolecular Hbond substituents is 1. The van der Waals surface area contributed by atoms with Crippen LogP contribution < -0.4 is 14.4 Å². The number of hydrogen-bond donors (Lipinski definition) is 2. The summed E-state index contributed by atoms with van der Waals surface area (Å²) in [4.78, 5) is 27.0. The van der Waals surface area contributed by atoms with Crippen molar-refractivity contribution < 1.29 is 38.1 Å². The van der Waals surface area contributed by atoms with Crippen LogP contribution in [0.3, 0.4) is 0 Å². The summed E-state index contributed by atoms with van der Waals surface area (Å²) in [7, 11) is 0. The Hall–Kier alpha value is -4.40. The molecule has 1 unspecified atom stereocenters. The van der Waals surface area contributed by atoms with Crippen molar-refractivity contribution in [1.82, 2.24) is 0 Å². The summed E-state index contributed by atoms with van der Waals surface area (Å²) in [5.74, 6) is -4.06. The van der Waals surface area contributed by atoms with E-state index >= 15 is 0 Å². The van der Waals surface area contributed by atoms with E-state index < -0.39 is 35.1 Å². The van der Waals surface area contributed by atoms with Gasteiger partial charge in [0.05, 0.1) is 11.6 Å². The van der Waals surface area contributed by atoms with E-state index in [-0.39, 0.29) is 29.4 Å². The van der Waals surface area contributed by atoms with Gasteiger partial charge in [0.1, 0.15) is 11.5 Å². The van der Waals surface area contributed by atoms with Gasteiger partial charge in [-0.1, -0.05) is 12.1 Å². The minimum absolute atomic E-state index is 0.00752. The average Bonchev–Trinajstić information content (AvgIpc) is 3.38. The highest BCUT2D eigenvalue weighted by atomic mass is 19.2. The molecule has 0 radical (unpaired) electrons. The molecule has 0 saturated carbocycles. The first-order valence-electron chi connectivity index (χ1n) is 9.80. The van der Waals surface area contributed by atoms with Gasteiger partial charge in [-0.3, -0.25) is 14.5 Å². The zero-order chi connectivity index (χ0) is 23.3. The molecule has 0 bridgehead atoms. The molecule has 1 fully saturated rings. The molecule has 7 nitrogen and oxygen atoms in total. The number of Topliss-reactive ketones (excluding diaryl/α,β-unsaturated/α-hetero) is 1. The zero-order valence-electron chi connectivity index (χ0n) is 16.8. The fourth-order valence-corrected chi connectivity index (χ4v) is 3.91. The number of amides is 1. The highest BCUT2D eigenvalue weighted by Gasteiger charge is 2.47. The fourth-order valence-electron chi connectivity index (χ4n) is 3.91. The number of ketones is 1. The normalized spacial score (nSPS) is 18.7. The number of halogens is 2. The number of ether oxygens (including phenoxy) is 2. The monoisotopic (exact) mass is 451 g/mol. The second kappa shape index (κ2) is 7.63. The number of aromatic hydroxyl groups is 1. The van der Waals surface area contributed by atoms with Crippen molar-refractivity contribution >= 4 is 23.1 Å². The smallest absolute Gasteiger partial charge is 0.300 e. The van der Waals surface area contributed by atoms with Crippen LogP contribution in [0.15, 0.2) is 66.2 Å². The highest BCUT2D eigenvalue weighted by molar-refractivity contribution is 6.51. The van der Waals surface area contributed by atoms with E-state index in [4.69, 9.17) is 9.47 Å². The van der Waals surface area contributed by atoms with Crippen molar-refractivity contribution in [1.29, 1.82) is 0 Å². The van der Waals surface area contributed by atoms with Gasteiger partial charge < -0.3 is 19.7 Å². The van der Waals surface area contributed by atoms with Gasteiger partial charge in [0.2, 0.25) is 6.79 Å². The first kappa shape index (κ1) is 20.5. The van der Waals surface area contributed by atoms with E-state index in [0.29, 0.717) is 17.1 Å². The molecule has 1 saturated heterocycles. The summed E-state index contributed by atoms with van der Waals surface area (Å²) in [6.45, 7) is 0.00752. The van der Waals surface area contributed by atoms with Crippen molar-refractivity contribution in [2.75, 3.05) is 11.7 Å². The lowest BCUT2D eigenvalue weighted by Gasteiger charge is -2.25. The van der Waals surface area contributed by atoms with Crippen LogP contribution in [0.4, 0.5) is 14.5 Å². The molecular weight excluding hydrogens is 436 g/mol. The van der Waals surface area contributed by atoms with Crippen molar-refractivity contribution in [2.24, 2.45) is 0 Å². The second-order valence-electron chi connectivity index (χ2n) is 7.43. The average molecular weight is 451 g/mol. The van der Waals surface area contributed by atoms with E-state index in [0.717, 1.165) is 23.1 Å². The predicted molar refractivity (Wildman–Crippen MR) is 112 cm³/mol. The number of anilines is 1. The van der Waals surface area contributed by atoms with Gasteiger partial charge in [0, 0.05) is 17.3 Å². The van der Waals surface area contributed by atoms with Gasteiger partial charge in [-0.05, 0) is 48.0 Å². The van der Waals surface area contributed by atoms with Crippen molar-refractivity contribution in [3.63, 3.8) is 0 Å². The fraction of sp³-hybridized carbons (Fsp3) is 0.0833. The zero-order valence-corrected chi connectivity index (χ0v) is 16.8. The molecule has 1 atom stereocenters. The van der Waals surface area contributed by atoms with Crippen LogP contribution in [0.1, 0.15) is 17.2 Å². The van der Waals surface area contributed by atoms with Gasteiger partial charge >= 0.3 is 0 Å². The molecule has 0 spiro atoms. The number of hydrogen-bond acceptors (Lipinski definition) is 6. The lowest BCUT2D eigenvalue weighted by Crippen LogP contribution is -2.29. The van der Waals surface area contributed by atoms with Crippen molar-refractivity contribution in [3.8, 4) is 17.2 Å². The molecule has 2 aliphatic rings. The van der Waals surface area contributed by atoms with Gasteiger partial charge in [-0.25, -0.2) is 8.78 Å². The third-order valence-electron chi connectivity index (χ3n) is 5.48. The number of carbonyl (C=O) groups excluding carboxylic acids is 2. The van der Waals surface area contributed by atoms with Crippen molar-refractivity contribution in [3.05, 3.63) is 89.0 Å². The maximum absolute atomic E-state index is 14.0. The maximum atomic E-state index is 14.0. The highest BCUT2D eigenvalue weighted by Crippen LogP contribution is 2.43. The number of nitrogens with zero attached hydrogens (tertiary/aromatic N) is 1. The number of aliphatic hydroxyl groups is 1. The molecule has 0 aromatic heterocycles. The number of carbonyl (C=O) groups is 2. The third kappa shape index (κ3) is 3.34. The molecule has 2 heterocycles. The number of fused-ring (bicyclic) bond motifs is 1. The van der Waals surface area contributed by atoms with E-state index in [2.05, 4.69) is 0 Å². The Bertz CT molecular complexity index is 1340. The summed E-state index contributed by atoms with van der Waals surface area (Å²) in [5.41, 5.74) is 0.235. The topological polar surface area (TPSA) is 96.3 Å². The Kier molecular flexibility index (Phi) is 4.74. The molecule has 3 aromatic rings. The van der Waals surface area contributed by atoms with Gasteiger partial charge in [-0.15, -0.1) is 0 Å².